The molecule has 0 aliphatic carbocycles. The van der Waals surface area contributed by atoms with Crippen molar-refractivity contribution in [2.45, 2.75) is 6.42 Å². The van der Waals surface area contributed by atoms with E-state index in [-0.39, 0.29) is 12.4 Å². The highest BCUT2D eigenvalue weighted by atomic mass is 32.2. The van der Waals surface area contributed by atoms with Crippen LogP contribution in [0.25, 0.3) is 0 Å². The molecule has 0 saturated heterocycles. The van der Waals surface area contributed by atoms with E-state index >= 15 is 0 Å². The van der Waals surface area contributed by atoms with E-state index in [9.17, 15) is 8.42 Å². The van der Waals surface area contributed by atoms with Crippen LogP contribution >= 0.6 is 0 Å². The van der Waals surface area contributed by atoms with Crippen LogP contribution in [0.3, 0.4) is 0 Å². The Morgan fingerprint density at radius 2 is 2.10 bits per heavy atom. The Kier molecular flexibility index (Phi) is 7.84. The third kappa shape index (κ3) is 9.09. The third-order valence-corrected chi connectivity index (χ3v) is 3.51. The van der Waals surface area contributed by atoms with Crippen molar-refractivity contribution in [1.82, 2.24) is 10.6 Å². The molecule has 0 spiro atoms. The number of nitrogens with zero attached hydrogens (tertiary/aromatic N) is 1. The Morgan fingerprint density at radius 1 is 1.33 bits per heavy atom. The van der Waals surface area contributed by atoms with E-state index in [1.807, 2.05) is 12.1 Å². The normalized spacial score (nSPS) is 12.4. The minimum Gasteiger partial charge on any atom is -0.469 e. The average molecular weight is 317 g/mol. The van der Waals surface area contributed by atoms with Crippen LogP contribution < -0.4 is 10.6 Å². The predicted molar refractivity (Wildman–Crippen MR) is 82.3 cm³/mol. The van der Waals surface area contributed by atoms with Crippen molar-refractivity contribution in [3.05, 3.63) is 24.2 Å². The quantitative estimate of drug-likeness (QED) is 0.380. The lowest BCUT2D eigenvalue weighted by atomic mass is 10.3. The Hall–Kier alpha value is -1.54. The molecule has 0 amide bonds. The van der Waals surface area contributed by atoms with Gasteiger partial charge in [-0.1, -0.05) is 0 Å². The second kappa shape index (κ2) is 9.41. The Morgan fingerprint density at radius 3 is 2.71 bits per heavy atom. The lowest BCUT2D eigenvalue weighted by molar-refractivity contribution is 0.154. The summed E-state index contributed by atoms with van der Waals surface area (Å²) in [5.41, 5.74) is 0. The summed E-state index contributed by atoms with van der Waals surface area (Å²) in [5, 5.41) is 6.23. The van der Waals surface area contributed by atoms with Gasteiger partial charge in [-0.05, 0) is 12.1 Å². The van der Waals surface area contributed by atoms with Crippen molar-refractivity contribution in [3.63, 3.8) is 0 Å². The van der Waals surface area contributed by atoms with E-state index < -0.39 is 9.84 Å². The van der Waals surface area contributed by atoms with Crippen LogP contribution in [0.1, 0.15) is 5.76 Å². The van der Waals surface area contributed by atoms with Gasteiger partial charge in [0, 0.05) is 32.8 Å². The lowest BCUT2D eigenvalue weighted by Crippen LogP contribution is -2.39. The topological polar surface area (TPSA) is 92.9 Å². The average Bonchev–Trinajstić information content (AvgIpc) is 2.92. The van der Waals surface area contributed by atoms with Gasteiger partial charge in [-0.3, -0.25) is 4.99 Å². The van der Waals surface area contributed by atoms with Crippen molar-refractivity contribution < 1.29 is 17.6 Å². The van der Waals surface area contributed by atoms with E-state index in [1.165, 1.54) is 6.26 Å². The van der Waals surface area contributed by atoms with Crippen LogP contribution in [-0.2, 0) is 21.0 Å². The van der Waals surface area contributed by atoms with Gasteiger partial charge in [0.1, 0.15) is 15.6 Å². The fraction of sp³-hybridized carbons (Fsp3) is 0.615. The van der Waals surface area contributed by atoms with Crippen LogP contribution in [0, 0.1) is 0 Å². The number of furan rings is 1. The molecule has 2 N–H and O–H groups in total. The summed E-state index contributed by atoms with van der Waals surface area (Å²) in [5.74, 6) is 1.64. The van der Waals surface area contributed by atoms with Gasteiger partial charge < -0.3 is 19.8 Å². The molecule has 0 unspecified atom stereocenters. The summed E-state index contributed by atoms with van der Waals surface area (Å²) >= 11 is 0. The van der Waals surface area contributed by atoms with Crippen LogP contribution in [0.5, 0.6) is 0 Å². The minimum absolute atomic E-state index is 0.0448. The van der Waals surface area contributed by atoms with Gasteiger partial charge >= 0.3 is 0 Å². The summed E-state index contributed by atoms with van der Waals surface area (Å²) in [6.07, 6.45) is 3.62. The molecule has 0 aliphatic rings. The lowest BCUT2D eigenvalue weighted by Gasteiger charge is -2.11. The van der Waals surface area contributed by atoms with E-state index in [2.05, 4.69) is 15.6 Å². The molecule has 1 aromatic heterocycles. The van der Waals surface area contributed by atoms with Gasteiger partial charge in [0.2, 0.25) is 0 Å². The molecule has 0 radical (unpaired) electrons. The van der Waals surface area contributed by atoms with Crippen molar-refractivity contribution >= 4 is 15.8 Å². The van der Waals surface area contributed by atoms with Crippen molar-refractivity contribution in [2.24, 2.45) is 4.99 Å². The molecule has 1 rings (SSSR count). The Balaban J connectivity index is 2.06. The molecule has 0 aliphatic heterocycles. The second-order valence-electron chi connectivity index (χ2n) is 4.50. The first-order chi connectivity index (χ1) is 10.0. The summed E-state index contributed by atoms with van der Waals surface area (Å²) in [4.78, 5) is 4.08. The second-order valence-corrected chi connectivity index (χ2v) is 6.76. The van der Waals surface area contributed by atoms with Gasteiger partial charge in [0.15, 0.2) is 5.96 Å². The van der Waals surface area contributed by atoms with Gasteiger partial charge in [-0.2, -0.15) is 0 Å². The molecule has 21 heavy (non-hydrogen) atoms. The maximum absolute atomic E-state index is 10.9. The summed E-state index contributed by atoms with van der Waals surface area (Å²) < 4.78 is 32.3. The fourth-order valence-corrected chi connectivity index (χ4v) is 1.95. The van der Waals surface area contributed by atoms with Gasteiger partial charge in [0.05, 0.1) is 25.2 Å². The first-order valence-corrected chi connectivity index (χ1v) is 8.79. The molecular weight excluding hydrogens is 294 g/mol. The minimum atomic E-state index is -2.96. The molecule has 8 heteroatoms. The van der Waals surface area contributed by atoms with Crippen molar-refractivity contribution in [1.29, 1.82) is 0 Å². The van der Waals surface area contributed by atoms with Crippen LogP contribution in [-0.4, -0.2) is 59.7 Å². The molecule has 120 valence electrons. The summed E-state index contributed by atoms with van der Waals surface area (Å²) in [6.45, 7) is 1.91. The number of hydrogen-bond donors (Lipinski definition) is 2. The first-order valence-electron chi connectivity index (χ1n) is 6.73. The SMILES string of the molecule is CN=C(NCCOCCS(C)(=O)=O)NCCc1ccco1. The van der Waals surface area contributed by atoms with Crippen molar-refractivity contribution in [2.75, 3.05) is 45.4 Å². The van der Waals surface area contributed by atoms with E-state index in [4.69, 9.17) is 9.15 Å². The van der Waals surface area contributed by atoms with Gasteiger partial charge in [0.25, 0.3) is 0 Å². The fourth-order valence-electron chi connectivity index (χ4n) is 1.53. The number of guanidine groups is 1. The highest BCUT2D eigenvalue weighted by Crippen LogP contribution is 1.99. The zero-order valence-corrected chi connectivity index (χ0v) is 13.3. The van der Waals surface area contributed by atoms with E-state index in [0.29, 0.717) is 25.7 Å². The highest BCUT2D eigenvalue weighted by molar-refractivity contribution is 7.90. The molecule has 0 bridgehead atoms. The Bertz CT molecular complexity index is 512. The van der Waals surface area contributed by atoms with Crippen LogP contribution in [0.2, 0.25) is 0 Å². The summed E-state index contributed by atoms with van der Waals surface area (Å²) in [7, 11) is -1.27. The zero-order valence-electron chi connectivity index (χ0n) is 12.5. The van der Waals surface area contributed by atoms with E-state index in [0.717, 1.165) is 12.2 Å². The molecule has 1 heterocycles. The highest BCUT2D eigenvalue weighted by Gasteiger charge is 2.02. The third-order valence-electron chi connectivity index (χ3n) is 2.60. The number of sulfone groups is 1. The molecule has 0 fully saturated rings. The predicted octanol–water partition coefficient (Wildman–Crippen LogP) is 0.0483. The molecule has 0 aromatic carbocycles. The van der Waals surface area contributed by atoms with Crippen LogP contribution in [0.15, 0.2) is 27.8 Å². The molecule has 0 atom stereocenters. The maximum Gasteiger partial charge on any atom is 0.191 e. The van der Waals surface area contributed by atoms with Crippen molar-refractivity contribution in [3.8, 4) is 0 Å². The number of nitrogens with one attached hydrogen (secondary N) is 2. The summed E-state index contributed by atoms with van der Waals surface area (Å²) in [6, 6.07) is 3.78. The maximum atomic E-state index is 10.9. The molecule has 0 saturated carbocycles. The largest absolute Gasteiger partial charge is 0.469 e. The first kappa shape index (κ1) is 17.5. The number of hydrogen-bond acceptors (Lipinski definition) is 5. The standard InChI is InChI=1S/C13H23N3O4S/c1-14-13(15-6-5-12-4-3-8-20-12)16-7-9-19-10-11-21(2,17)18/h3-4,8H,5-7,9-11H2,1-2H3,(H2,14,15,16). The molecule has 1 aromatic rings. The van der Waals surface area contributed by atoms with Gasteiger partial charge in [-0.25, -0.2) is 8.42 Å². The number of ether oxygens (including phenoxy) is 1. The van der Waals surface area contributed by atoms with Crippen LogP contribution in [0.4, 0.5) is 0 Å². The molecular formula is C13H23N3O4S. The monoisotopic (exact) mass is 317 g/mol. The molecule has 7 nitrogen and oxygen atoms in total. The smallest absolute Gasteiger partial charge is 0.191 e. The number of rotatable bonds is 9. The van der Waals surface area contributed by atoms with Gasteiger partial charge in [-0.15, -0.1) is 0 Å². The zero-order chi connectivity index (χ0) is 15.6. The number of aliphatic imine (C=N–C) groups is 1. The van der Waals surface area contributed by atoms with E-state index in [1.54, 1.807) is 13.3 Å². The Labute approximate surface area is 125 Å².